The molecule has 0 aromatic heterocycles. The maximum absolute atomic E-state index is 10.6. The molecule has 1 aliphatic heterocycles. The van der Waals surface area contributed by atoms with Crippen LogP contribution in [0.1, 0.15) is 26.2 Å². The zero-order valence-electron chi connectivity index (χ0n) is 6.60. The van der Waals surface area contributed by atoms with Crippen LogP contribution in [0.2, 0.25) is 0 Å². The molecule has 0 N–H and O–H groups in total. The Bertz CT molecular complexity index is 116. The van der Waals surface area contributed by atoms with Gasteiger partial charge in [-0.25, -0.2) is 0 Å². The van der Waals surface area contributed by atoms with Crippen molar-refractivity contribution in [1.82, 2.24) is 4.90 Å². The van der Waals surface area contributed by atoms with Gasteiger partial charge in [0, 0.05) is 13.0 Å². The van der Waals surface area contributed by atoms with E-state index in [2.05, 4.69) is 4.90 Å². The van der Waals surface area contributed by atoms with Crippen molar-refractivity contribution in [3.63, 3.8) is 0 Å². The highest BCUT2D eigenvalue weighted by Gasteiger charge is 2.10. The van der Waals surface area contributed by atoms with Crippen LogP contribution in [-0.4, -0.2) is 30.3 Å². The average molecular weight is 141 g/mol. The van der Waals surface area contributed by atoms with Crippen molar-refractivity contribution in [2.24, 2.45) is 0 Å². The SMILES string of the molecule is CC(=O)CCN1CCCC1. The van der Waals surface area contributed by atoms with Crippen molar-refractivity contribution in [3.05, 3.63) is 0 Å². The van der Waals surface area contributed by atoms with Crippen LogP contribution in [0.15, 0.2) is 0 Å². The quantitative estimate of drug-likeness (QED) is 0.585. The Hall–Kier alpha value is -0.370. The molecule has 0 atom stereocenters. The second-order valence-electron chi connectivity index (χ2n) is 3.00. The summed E-state index contributed by atoms with van der Waals surface area (Å²) < 4.78 is 0. The highest BCUT2D eigenvalue weighted by Crippen LogP contribution is 2.07. The van der Waals surface area contributed by atoms with E-state index in [0.717, 1.165) is 13.0 Å². The van der Waals surface area contributed by atoms with E-state index in [0.29, 0.717) is 5.78 Å². The normalized spacial score (nSPS) is 19.7. The topological polar surface area (TPSA) is 20.3 Å². The molecule has 0 aromatic carbocycles. The molecule has 0 saturated carbocycles. The molecule has 0 aromatic rings. The molecule has 58 valence electrons. The Kier molecular flexibility index (Phi) is 2.87. The summed E-state index contributed by atoms with van der Waals surface area (Å²) in [6, 6.07) is 0. The van der Waals surface area contributed by atoms with Crippen molar-refractivity contribution < 1.29 is 4.79 Å². The van der Waals surface area contributed by atoms with Gasteiger partial charge in [0.2, 0.25) is 0 Å². The summed E-state index contributed by atoms with van der Waals surface area (Å²) in [4.78, 5) is 12.9. The molecule has 0 bridgehead atoms. The van der Waals surface area contributed by atoms with Crippen molar-refractivity contribution >= 4 is 5.78 Å². The molecule has 1 fully saturated rings. The number of nitrogens with zero attached hydrogens (tertiary/aromatic N) is 1. The smallest absolute Gasteiger partial charge is 0.131 e. The van der Waals surface area contributed by atoms with E-state index in [1.165, 1.54) is 25.9 Å². The van der Waals surface area contributed by atoms with Gasteiger partial charge in [0.25, 0.3) is 0 Å². The number of carbonyl (C=O) groups excluding carboxylic acids is 1. The molecule has 0 unspecified atom stereocenters. The van der Waals surface area contributed by atoms with E-state index in [-0.39, 0.29) is 0 Å². The molecule has 1 saturated heterocycles. The van der Waals surface area contributed by atoms with E-state index >= 15 is 0 Å². The number of ketones is 1. The van der Waals surface area contributed by atoms with E-state index in [1.54, 1.807) is 6.92 Å². The third-order valence-electron chi connectivity index (χ3n) is 1.98. The van der Waals surface area contributed by atoms with E-state index < -0.39 is 0 Å². The Morgan fingerprint density at radius 3 is 2.50 bits per heavy atom. The predicted molar refractivity (Wildman–Crippen MR) is 41.0 cm³/mol. The molecular formula is C8H15NO. The first-order chi connectivity index (χ1) is 4.79. The second kappa shape index (κ2) is 3.71. The van der Waals surface area contributed by atoms with Gasteiger partial charge in [-0.05, 0) is 32.9 Å². The lowest BCUT2D eigenvalue weighted by Gasteiger charge is -2.11. The number of hydrogen-bond acceptors (Lipinski definition) is 2. The van der Waals surface area contributed by atoms with Crippen molar-refractivity contribution in [1.29, 1.82) is 0 Å². The third-order valence-corrected chi connectivity index (χ3v) is 1.98. The van der Waals surface area contributed by atoms with Crippen molar-refractivity contribution in [2.45, 2.75) is 26.2 Å². The minimum Gasteiger partial charge on any atom is -0.303 e. The van der Waals surface area contributed by atoms with Gasteiger partial charge in [0.1, 0.15) is 5.78 Å². The number of hydrogen-bond donors (Lipinski definition) is 0. The Morgan fingerprint density at radius 2 is 2.00 bits per heavy atom. The van der Waals surface area contributed by atoms with Crippen LogP contribution in [0.3, 0.4) is 0 Å². The van der Waals surface area contributed by atoms with Gasteiger partial charge in [-0.15, -0.1) is 0 Å². The zero-order chi connectivity index (χ0) is 7.40. The molecule has 1 heterocycles. The third kappa shape index (κ3) is 2.48. The molecule has 1 aliphatic rings. The van der Waals surface area contributed by atoms with Crippen LogP contribution in [0.25, 0.3) is 0 Å². The lowest BCUT2D eigenvalue weighted by Crippen LogP contribution is -2.21. The maximum Gasteiger partial charge on any atom is 0.131 e. The standard InChI is InChI=1S/C8H15NO/c1-8(10)4-7-9-5-2-3-6-9/h2-7H2,1H3. The van der Waals surface area contributed by atoms with Crippen LogP contribution in [0.4, 0.5) is 0 Å². The van der Waals surface area contributed by atoms with Crippen molar-refractivity contribution in [3.8, 4) is 0 Å². The number of rotatable bonds is 3. The largest absolute Gasteiger partial charge is 0.303 e. The summed E-state index contributed by atoms with van der Waals surface area (Å²) in [7, 11) is 0. The van der Waals surface area contributed by atoms with Crippen molar-refractivity contribution in [2.75, 3.05) is 19.6 Å². The maximum atomic E-state index is 10.6. The molecule has 0 spiro atoms. The highest BCUT2D eigenvalue weighted by atomic mass is 16.1. The molecular weight excluding hydrogens is 126 g/mol. The van der Waals surface area contributed by atoms with Gasteiger partial charge in [-0.3, -0.25) is 4.79 Å². The summed E-state index contributed by atoms with van der Waals surface area (Å²) in [5.41, 5.74) is 0. The first-order valence-electron chi connectivity index (χ1n) is 4.01. The summed E-state index contributed by atoms with van der Waals surface area (Å²) >= 11 is 0. The van der Waals surface area contributed by atoms with Gasteiger partial charge in [-0.2, -0.15) is 0 Å². The van der Waals surface area contributed by atoms with Crippen LogP contribution < -0.4 is 0 Å². The number of carbonyl (C=O) groups is 1. The molecule has 2 heteroatoms. The Balaban J connectivity index is 2.07. The minimum atomic E-state index is 0.312. The molecule has 2 nitrogen and oxygen atoms in total. The molecule has 1 rings (SSSR count). The fourth-order valence-electron chi connectivity index (χ4n) is 1.32. The van der Waals surface area contributed by atoms with Gasteiger partial charge in [0.05, 0.1) is 0 Å². The van der Waals surface area contributed by atoms with Crippen LogP contribution in [0.5, 0.6) is 0 Å². The summed E-state index contributed by atoms with van der Waals surface area (Å²) in [5.74, 6) is 0.312. The van der Waals surface area contributed by atoms with Crippen LogP contribution in [0, 0.1) is 0 Å². The first kappa shape index (κ1) is 7.73. The second-order valence-corrected chi connectivity index (χ2v) is 3.00. The average Bonchev–Trinajstić information content (AvgIpc) is 2.34. The Morgan fingerprint density at radius 1 is 1.40 bits per heavy atom. The summed E-state index contributed by atoms with van der Waals surface area (Å²) in [6.07, 6.45) is 3.37. The van der Waals surface area contributed by atoms with E-state index in [9.17, 15) is 4.79 Å². The Labute approximate surface area is 62.2 Å². The van der Waals surface area contributed by atoms with E-state index in [4.69, 9.17) is 0 Å². The number of Topliss-reactive ketones (excluding diaryl/α,β-unsaturated/α-hetero) is 1. The van der Waals surface area contributed by atoms with Gasteiger partial charge >= 0.3 is 0 Å². The highest BCUT2D eigenvalue weighted by molar-refractivity contribution is 5.75. The van der Waals surface area contributed by atoms with Gasteiger partial charge in [-0.1, -0.05) is 0 Å². The van der Waals surface area contributed by atoms with Crippen LogP contribution in [-0.2, 0) is 4.79 Å². The van der Waals surface area contributed by atoms with Crippen LogP contribution >= 0.6 is 0 Å². The fraction of sp³-hybridized carbons (Fsp3) is 0.875. The molecule has 0 aliphatic carbocycles. The molecule has 0 amide bonds. The van der Waals surface area contributed by atoms with E-state index in [1.807, 2.05) is 0 Å². The summed E-state index contributed by atoms with van der Waals surface area (Å²) in [6.45, 7) is 5.05. The lowest BCUT2D eigenvalue weighted by molar-refractivity contribution is -0.117. The molecule has 0 radical (unpaired) electrons. The monoisotopic (exact) mass is 141 g/mol. The first-order valence-corrected chi connectivity index (χ1v) is 4.01. The predicted octanol–water partition coefficient (Wildman–Crippen LogP) is 1.06. The van der Waals surface area contributed by atoms with Gasteiger partial charge < -0.3 is 4.90 Å². The molecule has 10 heavy (non-hydrogen) atoms. The zero-order valence-corrected chi connectivity index (χ0v) is 6.60. The fourth-order valence-corrected chi connectivity index (χ4v) is 1.32. The number of likely N-dealkylation sites (tertiary alicyclic amines) is 1. The minimum absolute atomic E-state index is 0.312. The van der Waals surface area contributed by atoms with Gasteiger partial charge in [0.15, 0.2) is 0 Å². The summed E-state index contributed by atoms with van der Waals surface area (Å²) in [5, 5.41) is 0. The lowest BCUT2D eigenvalue weighted by atomic mass is 10.3.